The third-order valence-corrected chi connectivity index (χ3v) is 7.62. The van der Waals surface area contributed by atoms with Crippen LogP contribution in [0.3, 0.4) is 0 Å². The third-order valence-electron chi connectivity index (χ3n) is 7.62. The van der Waals surface area contributed by atoms with Crippen LogP contribution < -0.4 is 5.32 Å². The zero-order valence-electron chi connectivity index (χ0n) is 19.7. The van der Waals surface area contributed by atoms with E-state index in [0.717, 1.165) is 11.1 Å². The highest BCUT2D eigenvalue weighted by Gasteiger charge is 2.48. The van der Waals surface area contributed by atoms with Crippen molar-refractivity contribution in [2.45, 2.75) is 43.7 Å². The molecule has 8 nitrogen and oxygen atoms in total. The molecule has 2 aromatic carbocycles. The molecule has 2 saturated heterocycles. The Labute approximate surface area is 204 Å². The third kappa shape index (κ3) is 4.27. The molecular weight excluding hydrogens is 448 g/mol. The summed E-state index contributed by atoms with van der Waals surface area (Å²) in [6.07, 6.45) is 0.726. The topological polar surface area (TPSA) is 105 Å². The fourth-order valence-electron chi connectivity index (χ4n) is 5.63. The van der Waals surface area contributed by atoms with Gasteiger partial charge in [-0.15, -0.1) is 0 Å². The maximum absolute atomic E-state index is 13.0. The number of alkyl carbamates (subject to hydrolysis) is 1. The molecule has 0 saturated carbocycles. The first kappa shape index (κ1) is 23.4. The lowest BCUT2D eigenvalue weighted by atomic mass is 9.96. The van der Waals surface area contributed by atoms with E-state index in [1.807, 2.05) is 24.3 Å². The number of benzene rings is 2. The summed E-state index contributed by atoms with van der Waals surface area (Å²) in [5, 5.41) is 12.3. The van der Waals surface area contributed by atoms with Crippen molar-refractivity contribution in [2.75, 3.05) is 26.3 Å². The molecule has 8 heteroatoms. The second kappa shape index (κ2) is 9.34. The van der Waals surface area contributed by atoms with Gasteiger partial charge in [-0.3, -0.25) is 4.79 Å². The Hall–Kier alpha value is -3.39. The van der Waals surface area contributed by atoms with Crippen molar-refractivity contribution >= 4 is 18.0 Å². The van der Waals surface area contributed by atoms with Crippen molar-refractivity contribution in [1.29, 1.82) is 0 Å². The SMILES string of the molecule is C[C@]1(C(=O)O)CCCN1C(=O)[C@@H]1CO[C@H](CNC(=O)OCC2c3ccccc3-c3ccccc32)C1. The minimum atomic E-state index is -1.16. The number of ether oxygens (including phenoxy) is 2. The van der Waals surface area contributed by atoms with Gasteiger partial charge in [0.2, 0.25) is 5.91 Å². The summed E-state index contributed by atoms with van der Waals surface area (Å²) in [4.78, 5) is 38.6. The van der Waals surface area contributed by atoms with E-state index in [-0.39, 0.29) is 37.7 Å². The second-order valence-corrected chi connectivity index (χ2v) is 9.77. The molecule has 2 amide bonds. The van der Waals surface area contributed by atoms with E-state index in [9.17, 15) is 19.5 Å². The Morgan fingerprint density at radius 3 is 2.43 bits per heavy atom. The smallest absolute Gasteiger partial charge is 0.407 e. The molecule has 0 aromatic heterocycles. The quantitative estimate of drug-likeness (QED) is 0.659. The van der Waals surface area contributed by atoms with Gasteiger partial charge in [-0.1, -0.05) is 48.5 Å². The van der Waals surface area contributed by atoms with Crippen molar-refractivity contribution in [3.8, 4) is 11.1 Å². The highest BCUT2D eigenvalue weighted by atomic mass is 16.5. The van der Waals surface area contributed by atoms with E-state index in [4.69, 9.17) is 9.47 Å². The van der Waals surface area contributed by atoms with Crippen LogP contribution in [-0.2, 0) is 19.1 Å². The monoisotopic (exact) mass is 478 g/mol. The number of carboxylic acids is 1. The first-order valence-electron chi connectivity index (χ1n) is 12.1. The summed E-state index contributed by atoms with van der Waals surface area (Å²) < 4.78 is 11.3. The highest BCUT2D eigenvalue weighted by Crippen LogP contribution is 2.44. The Morgan fingerprint density at radius 2 is 1.77 bits per heavy atom. The van der Waals surface area contributed by atoms with Crippen molar-refractivity contribution < 1.29 is 29.0 Å². The van der Waals surface area contributed by atoms with Gasteiger partial charge in [0.25, 0.3) is 0 Å². The molecule has 0 radical (unpaired) electrons. The average Bonchev–Trinajstić information content (AvgIpc) is 3.57. The maximum atomic E-state index is 13.0. The number of carbonyl (C=O) groups excluding carboxylic acids is 2. The number of amides is 2. The van der Waals surface area contributed by atoms with E-state index >= 15 is 0 Å². The molecule has 35 heavy (non-hydrogen) atoms. The first-order valence-corrected chi connectivity index (χ1v) is 12.1. The second-order valence-electron chi connectivity index (χ2n) is 9.77. The fourth-order valence-corrected chi connectivity index (χ4v) is 5.63. The Balaban J connectivity index is 1.12. The van der Waals surface area contributed by atoms with E-state index in [1.165, 1.54) is 16.0 Å². The first-order chi connectivity index (χ1) is 16.9. The molecule has 0 bridgehead atoms. The minimum Gasteiger partial charge on any atom is -0.480 e. The molecule has 2 N–H and O–H groups in total. The van der Waals surface area contributed by atoms with Gasteiger partial charge in [-0.05, 0) is 48.4 Å². The van der Waals surface area contributed by atoms with Gasteiger partial charge in [0.05, 0.1) is 18.6 Å². The number of nitrogens with zero attached hydrogens (tertiary/aromatic N) is 1. The van der Waals surface area contributed by atoms with Crippen molar-refractivity contribution in [2.24, 2.45) is 5.92 Å². The number of carbonyl (C=O) groups is 3. The van der Waals surface area contributed by atoms with Gasteiger partial charge in [0.15, 0.2) is 0 Å². The van der Waals surface area contributed by atoms with E-state index in [0.29, 0.717) is 25.8 Å². The van der Waals surface area contributed by atoms with Crippen LogP contribution in [0.2, 0.25) is 0 Å². The summed E-state index contributed by atoms with van der Waals surface area (Å²) in [7, 11) is 0. The minimum absolute atomic E-state index is 0.0121. The summed E-state index contributed by atoms with van der Waals surface area (Å²) in [6.45, 7) is 2.74. The molecule has 2 fully saturated rings. The zero-order valence-corrected chi connectivity index (χ0v) is 19.7. The lowest BCUT2D eigenvalue weighted by Gasteiger charge is -2.32. The largest absolute Gasteiger partial charge is 0.480 e. The van der Waals surface area contributed by atoms with Crippen LogP contribution in [0, 0.1) is 5.92 Å². The molecule has 1 aliphatic carbocycles. The van der Waals surface area contributed by atoms with Crippen molar-refractivity contribution in [3.05, 3.63) is 59.7 Å². The Kier molecular flexibility index (Phi) is 6.23. The number of hydrogen-bond acceptors (Lipinski definition) is 5. The number of carboxylic acid groups (broad SMARTS) is 1. The van der Waals surface area contributed by atoms with Gasteiger partial charge in [-0.2, -0.15) is 0 Å². The normalized spacial score (nSPS) is 25.2. The highest BCUT2D eigenvalue weighted by molar-refractivity contribution is 5.88. The maximum Gasteiger partial charge on any atom is 0.407 e. The van der Waals surface area contributed by atoms with E-state index in [2.05, 4.69) is 29.6 Å². The average molecular weight is 479 g/mol. The number of nitrogens with one attached hydrogen (secondary N) is 1. The number of fused-ring (bicyclic) bond motifs is 3. The van der Waals surface area contributed by atoms with Crippen LogP contribution in [-0.4, -0.2) is 65.9 Å². The molecule has 3 aliphatic rings. The van der Waals surface area contributed by atoms with Crippen LogP contribution in [0.5, 0.6) is 0 Å². The van der Waals surface area contributed by atoms with Crippen LogP contribution >= 0.6 is 0 Å². The molecule has 5 rings (SSSR count). The number of hydrogen-bond donors (Lipinski definition) is 2. The van der Waals surface area contributed by atoms with Gasteiger partial charge in [0, 0.05) is 19.0 Å². The molecule has 184 valence electrons. The molecule has 2 heterocycles. The molecule has 0 spiro atoms. The predicted molar refractivity (Wildman–Crippen MR) is 128 cm³/mol. The van der Waals surface area contributed by atoms with E-state index < -0.39 is 23.5 Å². The number of rotatable bonds is 6. The lowest BCUT2D eigenvalue weighted by Crippen LogP contribution is -2.52. The summed E-state index contributed by atoms with van der Waals surface area (Å²) in [6, 6.07) is 16.3. The van der Waals surface area contributed by atoms with E-state index in [1.54, 1.807) is 6.92 Å². The molecule has 0 unspecified atom stereocenters. The summed E-state index contributed by atoms with van der Waals surface area (Å²) in [5.74, 6) is -1.57. The summed E-state index contributed by atoms with van der Waals surface area (Å²) >= 11 is 0. The zero-order chi connectivity index (χ0) is 24.6. The Bertz CT molecular complexity index is 1100. The number of likely N-dealkylation sites (tertiary alicyclic amines) is 1. The van der Waals surface area contributed by atoms with Crippen molar-refractivity contribution in [1.82, 2.24) is 10.2 Å². The van der Waals surface area contributed by atoms with Crippen LogP contribution in [0.15, 0.2) is 48.5 Å². The van der Waals surface area contributed by atoms with Crippen LogP contribution in [0.1, 0.15) is 43.2 Å². The van der Waals surface area contributed by atoms with Crippen LogP contribution in [0.4, 0.5) is 4.79 Å². The molecular formula is C27H30N2O6. The molecule has 2 aromatic rings. The molecule has 3 atom stereocenters. The fraction of sp³-hybridized carbons (Fsp3) is 0.444. The number of aliphatic carboxylic acids is 1. The van der Waals surface area contributed by atoms with Crippen molar-refractivity contribution in [3.63, 3.8) is 0 Å². The predicted octanol–water partition coefficient (Wildman–Crippen LogP) is 3.40. The standard InChI is InChI=1S/C27H30N2O6/c1-27(25(31)32)11-6-12-29(27)24(30)17-13-18(34-15-17)14-28-26(33)35-16-23-21-9-4-2-7-19(21)20-8-3-5-10-22(20)23/h2-5,7-10,17-18,23H,6,11-16H2,1H3,(H,28,33)(H,31,32)/t17-,18-,27+/m0/s1. The van der Waals surface area contributed by atoms with Gasteiger partial charge >= 0.3 is 12.1 Å². The lowest BCUT2D eigenvalue weighted by molar-refractivity contribution is -0.157. The molecule has 2 aliphatic heterocycles. The van der Waals surface area contributed by atoms with Crippen LogP contribution in [0.25, 0.3) is 11.1 Å². The van der Waals surface area contributed by atoms with Gasteiger partial charge in [0.1, 0.15) is 12.1 Å². The summed E-state index contributed by atoms with van der Waals surface area (Å²) in [5.41, 5.74) is 3.48. The van der Waals surface area contributed by atoms with Gasteiger partial charge in [-0.25, -0.2) is 9.59 Å². The Morgan fingerprint density at radius 1 is 1.11 bits per heavy atom. The van der Waals surface area contributed by atoms with Gasteiger partial charge < -0.3 is 24.8 Å².